The van der Waals surface area contributed by atoms with Gasteiger partial charge in [-0.2, -0.15) is 5.26 Å². The van der Waals surface area contributed by atoms with Gasteiger partial charge in [0.2, 0.25) is 0 Å². The van der Waals surface area contributed by atoms with Crippen LogP contribution >= 0.6 is 0 Å². The van der Waals surface area contributed by atoms with Gasteiger partial charge in [0.05, 0.1) is 29.9 Å². The first-order valence-corrected chi connectivity index (χ1v) is 8.53. The third-order valence-corrected chi connectivity index (χ3v) is 4.95. The molecule has 0 radical (unpaired) electrons. The predicted octanol–water partition coefficient (Wildman–Crippen LogP) is 2.04. The highest BCUT2D eigenvalue weighted by atomic mass is 16.5. The zero-order valence-electron chi connectivity index (χ0n) is 14.0. The second-order valence-electron chi connectivity index (χ2n) is 6.40. The Bertz CT molecular complexity index is 815. The third kappa shape index (κ3) is 2.72. The van der Waals surface area contributed by atoms with Crippen LogP contribution in [0.5, 0.6) is 5.75 Å². The number of nitrogens with one attached hydrogen (secondary N) is 1. The van der Waals surface area contributed by atoms with Gasteiger partial charge in [0, 0.05) is 17.8 Å². The molecule has 0 spiro atoms. The summed E-state index contributed by atoms with van der Waals surface area (Å²) >= 11 is 0. The molecule has 6 heteroatoms. The fourth-order valence-corrected chi connectivity index (χ4v) is 3.63. The van der Waals surface area contributed by atoms with Crippen LogP contribution in [0, 0.1) is 11.3 Å². The molecule has 0 aliphatic carbocycles. The minimum Gasteiger partial charge on any atom is -0.489 e. The lowest BCUT2D eigenvalue weighted by Crippen LogP contribution is -2.45. The first kappa shape index (κ1) is 15.9. The van der Waals surface area contributed by atoms with Crippen molar-refractivity contribution in [3.63, 3.8) is 0 Å². The molecule has 1 fully saturated rings. The van der Waals surface area contributed by atoms with Gasteiger partial charge in [-0.15, -0.1) is 0 Å². The largest absolute Gasteiger partial charge is 0.489 e. The third-order valence-electron chi connectivity index (χ3n) is 4.95. The summed E-state index contributed by atoms with van der Waals surface area (Å²) in [5, 5.41) is 22.3. The lowest BCUT2D eigenvalue weighted by molar-refractivity contribution is 0.150. The van der Waals surface area contributed by atoms with Crippen molar-refractivity contribution < 1.29 is 9.84 Å². The Hall–Kier alpha value is -2.62. The van der Waals surface area contributed by atoms with E-state index in [2.05, 4.69) is 23.3 Å². The topological polar surface area (TPSA) is 81.4 Å². The summed E-state index contributed by atoms with van der Waals surface area (Å²) < 4.78 is 5.99. The summed E-state index contributed by atoms with van der Waals surface area (Å²) in [5.41, 5.74) is 3.65. The molecular weight excluding hydrogens is 316 g/mol. The molecular formula is C19H20N4O2. The number of hydrogen-bond donors (Lipinski definition) is 2. The van der Waals surface area contributed by atoms with E-state index in [0.29, 0.717) is 13.0 Å². The Morgan fingerprint density at radius 1 is 1.36 bits per heavy atom. The number of fused-ring (bicyclic) bond motifs is 3. The van der Waals surface area contributed by atoms with Crippen LogP contribution in [0.2, 0.25) is 0 Å². The van der Waals surface area contributed by atoms with Crippen molar-refractivity contribution in [3.8, 4) is 22.9 Å². The number of benzene rings is 1. The van der Waals surface area contributed by atoms with Crippen LogP contribution in [0.3, 0.4) is 0 Å². The molecule has 128 valence electrons. The van der Waals surface area contributed by atoms with E-state index in [1.165, 1.54) is 0 Å². The van der Waals surface area contributed by atoms with Crippen LogP contribution in [-0.4, -0.2) is 35.1 Å². The van der Waals surface area contributed by atoms with Crippen molar-refractivity contribution in [1.29, 1.82) is 5.26 Å². The number of anilines is 1. The minimum absolute atomic E-state index is 0.144. The number of aliphatic hydroxyl groups excluding tert-OH is 1. The maximum atomic E-state index is 10.4. The molecule has 2 N–H and O–H groups in total. The minimum atomic E-state index is -0.685. The van der Waals surface area contributed by atoms with Gasteiger partial charge in [-0.25, -0.2) is 0 Å². The van der Waals surface area contributed by atoms with Crippen molar-refractivity contribution in [2.45, 2.75) is 38.2 Å². The molecule has 25 heavy (non-hydrogen) atoms. The van der Waals surface area contributed by atoms with E-state index >= 15 is 0 Å². The summed E-state index contributed by atoms with van der Waals surface area (Å²) in [7, 11) is 0. The number of ether oxygens (including phenoxy) is 1. The highest BCUT2D eigenvalue weighted by Gasteiger charge is 2.43. The second-order valence-corrected chi connectivity index (χ2v) is 6.40. The summed E-state index contributed by atoms with van der Waals surface area (Å²) in [6, 6.07) is 12.3. The van der Waals surface area contributed by atoms with Crippen molar-refractivity contribution in [3.05, 3.63) is 42.2 Å². The van der Waals surface area contributed by atoms with Gasteiger partial charge in [0.25, 0.3) is 0 Å². The average molecular weight is 336 g/mol. The van der Waals surface area contributed by atoms with Gasteiger partial charge in [-0.05, 0) is 30.2 Å². The summed E-state index contributed by atoms with van der Waals surface area (Å²) in [4.78, 5) is 6.32. The van der Waals surface area contributed by atoms with Crippen LogP contribution in [0.4, 0.5) is 5.69 Å². The van der Waals surface area contributed by atoms with Gasteiger partial charge in [0.15, 0.2) is 6.35 Å². The van der Waals surface area contributed by atoms with E-state index in [0.717, 1.165) is 34.7 Å². The maximum Gasteiger partial charge on any atom is 0.184 e. The van der Waals surface area contributed by atoms with Gasteiger partial charge in [-0.3, -0.25) is 10.3 Å². The Balaban J connectivity index is 1.64. The van der Waals surface area contributed by atoms with Crippen molar-refractivity contribution >= 4 is 5.69 Å². The lowest BCUT2D eigenvalue weighted by atomic mass is 10.0. The molecule has 1 aromatic carbocycles. The predicted molar refractivity (Wildman–Crippen MR) is 94.0 cm³/mol. The van der Waals surface area contributed by atoms with E-state index in [1.54, 1.807) is 6.20 Å². The summed E-state index contributed by atoms with van der Waals surface area (Å²) in [6.07, 6.45) is 2.35. The van der Waals surface area contributed by atoms with Crippen molar-refractivity contribution in [1.82, 2.24) is 10.3 Å². The van der Waals surface area contributed by atoms with E-state index in [1.807, 2.05) is 35.2 Å². The van der Waals surface area contributed by atoms with Crippen LogP contribution < -0.4 is 15.0 Å². The zero-order valence-corrected chi connectivity index (χ0v) is 14.0. The van der Waals surface area contributed by atoms with Gasteiger partial charge >= 0.3 is 0 Å². The molecule has 0 saturated carbocycles. The Labute approximate surface area is 146 Å². The van der Waals surface area contributed by atoms with Crippen molar-refractivity contribution in [2.24, 2.45) is 0 Å². The van der Waals surface area contributed by atoms with E-state index in [9.17, 15) is 5.11 Å². The van der Waals surface area contributed by atoms with Crippen LogP contribution in [0.25, 0.3) is 11.1 Å². The van der Waals surface area contributed by atoms with E-state index in [4.69, 9.17) is 10.00 Å². The number of nitrogens with zero attached hydrogens (tertiary/aromatic N) is 3. The first-order valence-electron chi connectivity index (χ1n) is 8.53. The SMILES string of the molecule is CC[C@@H]1NC(O)N2c3ccc(-c4ccc(CC#N)nc4)cc3OC[C@@H]12. The molecule has 0 amide bonds. The molecule has 1 aromatic heterocycles. The standard InChI is InChI=1S/C19H20N4O2/c1-2-15-17-11-25-18-9-12(4-6-16(18)23(17)19(24)22-15)13-3-5-14(7-8-20)21-10-13/h3-6,9-10,15,17,19,22,24H,2,7,11H2,1H3/t15-,17-,19?/m0/s1. The molecule has 3 heterocycles. The van der Waals surface area contributed by atoms with E-state index < -0.39 is 6.35 Å². The fraction of sp³-hybridized carbons (Fsp3) is 0.368. The highest BCUT2D eigenvalue weighted by Crippen LogP contribution is 2.40. The zero-order chi connectivity index (χ0) is 17.4. The number of aromatic nitrogens is 1. The first-order chi connectivity index (χ1) is 12.2. The second kappa shape index (κ2) is 6.36. The number of nitriles is 1. The van der Waals surface area contributed by atoms with Gasteiger partial charge in [0.1, 0.15) is 12.4 Å². The van der Waals surface area contributed by atoms with E-state index in [-0.39, 0.29) is 12.1 Å². The fourth-order valence-electron chi connectivity index (χ4n) is 3.63. The lowest BCUT2D eigenvalue weighted by Gasteiger charge is -2.36. The Morgan fingerprint density at radius 3 is 2.92 bits per heavy atom. The van der Waals surface area contributed by atoms with Gasteiger partial charge < -0.3 is 14.7 Å². The molecule has 2 aromatic rings. The molecule has 1 saturated heterocycles. The number of aliphatic hydroxyl groups is 1. The smallest absolute Gasteiger partial charge is 0.184 e. The quantitative estimate of drug-likeness (QED) is 0.893. The molecule has 1 unspecified atom stereocenters. The summed E-state index contributed by atoms with van der Waals surface area (Å²) in [5.74, 6) is 0.771. The Morgan fingerprint density at radius 2 is 2.20 bits per heavy atom. The van der Waals surface area contributed by atoms with Gasteiger partial charge in [-0.1, -0.05) is 19.1 Å². The number of hydrogen-bond acceptors (Lipinski definition) is 6. The van der Waals surface area contributed by atoms with Crippen LogP contribution in [-0.2, 0) is 6.42 Å². The Kier molecular flexibility index (Phi) is 4.04. The molecule has 2 aliphatic heterocycles. The monoisotopic (exact) mass is 336 g/mol. The molecule has 3 atom stereocenters. The van der Waals surface area contributed by atoms with Crippen LogP contribution in [0.15, 0.2) is 36.5 Å². The molecule has 2 aliphatic rings. The molecule has 6 nitrogen and oxygen atoms in total. The number of rotatable bonds is 3. The molecule has 0 bridgehead atoms. The number of pyridine rings is 1. The van der Waals surface area contributed by atoms with Crippen molar-refractivity contribution in [2.75, 3.05) is 11.5 Å². The normalized spacial score (nSPS) is 24.2. The molecule has 4 rings (SSSR count). The van der Waals surface area contributed by atoms with Crippen LogP contribution in [0.1, 0.15) is 19.0 Å². The summed E-state index contributed by atoms with van der Waals surface area (Å²) in [6.45, 7) is 2.66. The average Bonchev–Trinajstić information content (AvgIpc) is 2.98. The highest BCUT2D eigenvalue weighted by molar-refractivity contribution is 5.72. The maximum absolute atomic E-state index is 10.4.